The molecule has 0 aliphatic rings. The Hall–Kier alpha value is -1.38. The fourth-order valence-corrected chi connectivity index (χ4v) is 0.658. The van der Waals surface area contributed by atoms with Gasteiger partial charge in [0.25, 0.3) is 0 Å². The molecule has 1 N–H and O–H groups in total. The zero-order valence-corrected chi connectivity index (χ0v) is 7.32. The fraction of sp³-hybridized carbons (Fsp3) is 0.333. The summed E-state index contributed by atoms with van der Waals surface area (Å²) in [7, 11) is 0. The molecule has 0 fully saturated rings. The summed E-state index contributed by atoms with van der Waals surface area (Å²) < 4.78 is 0. The van der Waals surface area contributed by atoms with Gasteiger partial charge in [0.15, 0.2) is 0 Å². The Morgan fingerprint density at radius 3 is 2.58 bits per heavy atom. The van der Waals surface area contributed by atoms with Gasteiger partial charge >= 0.3 is 5.97 Å². The molecule has 0 amide bonds. The van der Waals surface area contributed by atoms with Crippen molar-refractivity contribution in [1.82, 2.24) is 4.98 Å². The molecule has 0 saturated heterocycles. The predicted octanol–water partition coefficient (Wildman–Crippen LogP) is 1.73. The lowest BCUT2D eigenvalue weighted by molar-refractivity contribution is -0.136. The molecule has 1 rings (SSSR count). The topological polar surface area (TPSA) is 50.2 Å². The number of hydrogen-bond acceptors (Lipinski definition) is 2. The highest BCUT2D eigenvalue weighted by Gasteiger charge is 1.98. The Morgan fingerprint density at radius 1 is 1.50 bits per heavy atom. The molecule has 12 heavy (non-hydrogen) atoms. The van der Waals surface area contributed by atoms with Crippen LogP contribution in [0.25, 0.3) is 0 Å². The van der Waals surface area contributed by atoms with Crippen LogP contribution in [0.3, 0.4) is 0 Å². The summed E-state index contributed by atoms with van der Waals surface area (Å²) in [5, 5.41) is 8.33. The van der Waals surface area contributed by atoms with E-state index in [4.69, 9.17) is 5.11 Å². The lowest BCUT2D eigenvalue weighted by Gasteiger charge is -1.91. The normalized spacial score (nSPS) is 8.17. The Bertz CT molecular complexity index is 221. The molecule has 0 aliphatic carbocycles. The maximum absolute atomic E-state index is 10.1. The smallest absolute Gasteiger partial charge is 0.309 e. The van der Waals surface area contributed by atoms with Crippen LogP contribution in [0.2, 0.25) is 0 Å². The van der Waals surface area contributed by atoms with Gasteiger partial charge in [-0.1, -0.05) is 19.9 Å². The van der Waals surface area contributed by atoms with E-state index in [2.05, 4.69) is 4.98 Å². The molecule has 0 bridgehead atoms. The van der Waals surface area contributed by atoms with Crippen molar-refractivity contribution in [3.05, 3.63) is 30.1 Å². The average Bonchev–Trinajstić information content (AvgIpc) is 2.08. The Kier molecular flexibility index (Phi) is 5.61. The van der Waals surface area contributed by atoms with Crippen molar-refractivity contribution in [3.8, 4) is 0 Å². The fourth-order valence-electron chi connectivity index (χ4n) is 0.658. The number of hydrogen-bond donors (Lipinski definition) is 1. The molecule has 0 saturated carbocycles. The summed E-state index contributed by atoms with van der Waals surface area (Å²) >= 11 is 0. The molecule has 0 spiro atoms. The van der Waals surface area contributed by atoms with Crippen LogP contribution in [0.15, 0.2) is 24.4 Å². The first-order valence-corrected chi connectivity index (χ1v) is 3.91. The summed E-state index contributed by atoms with van der Waals surface area (Å²) in [6, 6.07) is 5.21. The number of carboxylic acid groups (broad SMARTS) is 1. The van der Waals surface area contributed by atoms with Crippen LogP contribution in [-0.2, 0) is 11.2 Å². The first-order valence-electron chi connectivity index (χ1n) is 3.91. The van der Waals surface area contributed by atoms with Crippen molar-refractivity contribution in [2.75, 3.05) is 0 Å². The van der Waals surface area contributed by atoms with Gasteiger partial charge in [0, 0.05) is 6.20 Å². The summed E-state index contributed by atoms with van der Waals surface area (Å²) in [6.07, 6.45) is 1.58. The molecule has 66 valence electrons. The average molecular weight is 167 g/mol. The molecule has 0 atom stereocenters. The number of carbonyl (C=O) groups is 1. The second-order valence-electron chi connectivity index (χ2n) is 1.89. The maximum Gasteiger partial charge on any atom is 0.309 e. The van der Waals surface area contributed by atoms with Gasteiger partial charge in [-0.05, 0) is 12.1 Å². The van der Waals surface area contributed by atoms with Gasteiger partial charge in [0.2, 0.25) is 0 Å². The molecule has 3 nitrogen and oxygen atoms in total. The summed E-state index contributed by atoms with van der Waals surface area (Å²) in [5.41, 5.74) is 0.593. The minimum atomic E-state index is -0.848. The Labute approximate surface area is 72.1 Å². The van der Waals surface area contributed by atoms with E-state index >= 15 is 0 Å². The lowest BCUT2D eigenvalue weighted by atomic mass is 10.3. The van der Waals surface area contributed by atoms with Gasteiger partial charge < -0.3 is 5.11 Å². The molecular weight excluding hydrogens is 154 g/mol. The molecule has 1 aromatic heterocycles. The Balaban J connectivity index is 0.000000561. The number of carboxylic acids is 1. The second kappa shape index (κ2) is 6.34. The van der Waals surface area contributed by atoms with E-state index in [0.717, 1.165) is 0 Å². The number of rotatable bonds is 2. The zero-order valence-electron chi connectivity index (χ0n) is 7.32. The van der Waals surface area contributed by atoms with E-state index in [1.165, 1.54) is 0 Å². The largest absolute Gasteiger partial charge is 0.481 e. The van der Waals surface area contributed by atoms with Gasteiger partial charge in [-0.2, -0.15) is 0 Å². The highest BCUT2D eigenvalue weighted by Crippen LogP contribution is 1.93. The number of nitrogens with zero attached hydrogens (tertiary/aromatic N) is 1. The molecule has 0 aliphatic heterocycles. The van der Waals surface area contributed by atoms with Gasteiger partial charge in [-0.3, -0.25) is 9.78 Å². The second-order valence-corrected chi connectivity index (χ2v) is 1.89. The standard InChI is InChI=1S/C7H7NO2.C2H6/c9-7(10)5-6-3-1-2-4-8-6;1-2/h1-4H,5H2,(H,9,10);1-2H3. The first-order chi connectivity index (χ1) is 5.79. The van der Waals surface area contributed by atoms with Crippen molar-refractivity contribution in [2.24, 2.45) is 0 Å². The summed E-state index contributed by atoms with van der Waals surface area (Å²) in [4.78, 5) is 14.0. The number of pyridine rings is 1. The summed E-state index contributed by atoms with van der Waals surface area (Å²) in [6.45, 7) is 4.00. The molecule has 0 unspecified atom stereocenters. The van der Waals surface area contributed by atoms with Crippen molar-refractivity contribution in [2.45, 2.75) is 20.3 Å². The first kappa shape index (κ1) is 10.6. The van der Waals surface area contributed by atoms with Crippen molar-refractivity contribution < 1.29 is 9.90 Å². The van der Waals surface area contributed by atoms with Crippen molar-refractivity contribution in [3.63, 3.8) is 0 Å². The van der Waals surface area contributed by atoms with Crippen LogP contribution in [0, 0.1) is 0 Å². The zero-order chi connectivity index (χ0) is 9.40. The summed E-state index contributed by atoms with van der Waals surface area (Å²) in [5.74, 6) is -0.848. The molecule has 1 heterocycles. The van der Waals surface area contributed by atoms with Crippen LogP contribution >= 0.6 is 0 Å². The predicted molar refractivity (Wildman–Crippen MR) is 46.9 cm³/mol. The third-order valence-electron chi connectivity index (χ3n) is 1.06. The third-order valence-corrected chi connectivity index (χ3v) is 1.06. The van der Waals surface area contributed by atoms with E-state index < -0.39 is 5.97 Å². The van der Waals surface area contributed by atoms with Gasteiger partial charge in [0.1, 0.15) is 0 Å². The minimum Gasteiger partial charge on any atom is -0.481 e. The van der Waals surface area contributed by atoms with Gasteiger partial charge in [-0.25, -0.2) is 0 Å². The highest BCUT2D eigenvalue weighted by molar-refractivity contribution is 5.69. The quantitative estimate of drug-likeness (QED) is 0.729. The minimum absolute atomic E-state index is 0.000833. The van der Waals surface area contributed by atoms with E-state index in [1.54, 1.807) is 24.4 Å². The molecule has 1 aromatic rings. The number of aromatic nitrogens is 1. The highest BCUT2D eigenvalue weighted by atomic mass is 16.4. The van der Waals surface area contributed by atoms with Crippen molar-refractivity contribution in [1.29, 1.82) is 0 Å². The third kappa shape index (κ3) is 4.44. The van der Waals surface area contributed by atoms with Crippen LogP contribution in [0.4, 0.5) is 0 Å². The van der Waals surface area contributed by atoms with Gasteiger partial charge in [0.05, 0.1) is 12.1 Å². The van der Waals surface area contributed by atoms with Gasteiger partial charge in [-0.15, -0.1) is 0 Å². The van der Waals surface area contributed by atoms with E-state index in [1.807, 2.05) is 13.8 Å². The SMILES string of the molecule is CC.O=C(O)Cc1ccccn1. The van der Waals surface area contributed by atoms with Crippen LogP contribution in [-0.4, -0.2) is 16.1 Å². The van der Waals surface area contributed by atoms with Crippen molar-refractivity contribution >= 4 is 5.97 Å². The van der Waals surface area contributed by atoms with Crippen LogP contribution in [0.5, 0.6) is 0 Å². The van der Waals surface area contributed by atoms with E-state index in [9.17, 15) is 4.79 Å². The van der Waals surface area contributed by atoms with Crippen LogP contribution in [0.1, 0.15) is 19.5 Å². The molecule has 3 heteroatoms. The van der Waals surface area contributed by atoms with Crippen LogP contribution < -0.4 is 0 Å². The molecular formula is C9H13NO2. The maximum atomic E-state index is 10.1. The van der Waals surface area contributed by atoms with E-state index in [-0.39, 0.29) is 6.42 Å². The number of aliphatic carboxylic acids is 1. The monoisotopic (exact) mass is 167 g/mol. The molecule has 0 aromatic carbocycles. The van der Waals surface area contributed by atoms with E-state index in [0.29, 0.717) is 5.69 Å². The Morgan fingerprint density at radius 2 is 2.17 bits per heavy atom. The lowest BCUT2D eigenvalue weighted by Crippen LogP contribution is -2.01. The molecule has 0 radical (unpaired) electrons.